The van der Waals surface area contributed by atoms with Crippen LogP contribution in [0.3, 0.4) is 0 Å². The molecule has 0 aromatic carbocycles. The van der Waals surface area contributed by atoms with Crippen molar-refractivity contribution >= 4 is 27.2 Å². The first-order chi connectivity index (χ1) is 14.6. The predicted molar refractivity (Wildman–Crippen MR) is 112 cm³/mol. The fourth-order valence-corrected chi connectivity index (χ4v) is 5.34. The Morgan fingerprint density at radius 3 is 2.52 bits per heavy atom. The molecule has 0 spiro atoms. The minimum Gasteiger partial charge on any atom is -0.351 e. The molecule has 2 atom stereocenters. The molecule has 0 unspecified atom stereocenters. The molecule has 0 bridgehead atoms. The molecule has 170 valence electrons. The fourth-order valence-electron chi connectivity index (χ4n) is 4.62. The van der Waals surface area contributed by atoms with Crippen LogP contribution in [-0.2, 0) is 10.2 Å². The summed E-state index contributed by atoms with van der Waals surface area (Å²) in [6.07, 6.45) is 2.21. The monoisotopic (exact) mass is 456 g/mol. The van der Waals surface area contributed by atoms with E-state index in [0.29, 0.717) is 23.9 Å². The molecule has 9 nitrogen and oxygen atoms in total. The molecule has 3 heterocycles. The number of hydrogen-bond acceptors (Lipinski definition) is 6. The van der Waals surface area contributed by atoms with E-state index in [-0.39, 0.29) is 37.0 Å². The molecule has 0 amide bonds. The van der Waals surface area contributed by atoms with E-state index in [0.717, 1.165) is 19.3 Å². The smallest absolute Gasteiger partial charge is 0.276 e. The largest absolute Gasteiger partial charge is 0.351 e. The number of nitrogens with zero attached hydrogens (tertiary/aromatic N) is 4. The van der Waals surface area contributed by atoms with Gasteiger partial charge >= 0.3 is 0 Å². The molecule has 4 rings (SSSR count). The number of halogens is 2. The van der Waals surface area contributed by atoms with E-state index in [1.165, 1.54) is 21.1 Å². The van der Waals surface area contributed by atoms with Crippen LogP contribution < -0.4 is 16.0 Å². The van der Waals surface area contributed by atoms with Gasteiger partial charge in [0.1, 0.15) is 5.65 Å². The highest BCUT2D eigenvalue weighted by Gasteiger charge is 2.30. The van der Waals surface area contributed by atoms with Crippen LogP contribution in [0.25, 0.3) is 11.0 Å². The highest BCUT2D eigenvalue weighted by Crippen LogP contribution is 2.36. The molecule has 1 saturated carbocycles. The molecule has 1 saturated heterocycles. The Hall–Kier alpha value is -2.18. The average molecular weight is 457 g/mol. The van der Waals surface area contributed by atoms with Gasteiger partial charge in [0, 0.05) is 36.8 Å². The number of fused-ring (bicyclic) bond motifs is 1. The van der Waals surface area contributed by atoms with Crippen molar-refractivity contribution in [1.29, 1.82) is 0 Å². The van der Waals surface area contributed by atoms with Crippen molar-refractivity contribution in [2.24, 2.45) is 11.1 Å². The van der Waals surface area contributed by atoms with Crippen LogP contribution in [-0.4, -0.2) is 46.4 Å². The number of hydrogen-bond donors (Lipinski definition) is 2. The zero-order chi connectivity index (χ0) is 22.3. The molecule has 2 fully saturated rings. The SMILES string of the molecule is C[C@H]1CCC[C@H]1n1c(=O)c(C(F)F)cc2cnc(NC3CCN(S(N)(=O)=O)CC3)nc21. The van der Waals surface area contributed by atoms with Crippen LogP contribution in [0.2, 0.25) is 0 Å². The Morgan fingerprint density at radius 1 is 1.23 bits per heavy atom. The quantitative estimate of drug-likeness (QED) is 0.711. The summed E-state index contributed by atoms with van der Waals surface area (Å²) in [5.41, 5.74) is -0.897. The Bertz CT molecular complexity index is 1130. The van der Waals surface area contributed by atoms with Crippen LogP contribution in [0.15, 0.2) is 17.1 Å². The van der Waals surface area contributed by atoms with Gasteiger partial charge in [-0.15, -0.1) is 0 Å². The Labute approximate surface area is 178 Å². The Kier molecular flexibility index (Phi) is 5.97. The summed E-state index contributed by atoms with van der Waals surface area (Å²) in [7, 11) is -3.71. The van der Waals surface area contributed by atoms with E-state index in [1.54, 1.807) is 0 Å². The van der Waals surface area contributed by atoms with Gasteiger partial charge in [-0.25, -0.2) is 18.9 Å². The number of aromatic nitrogens is 3. The number of alkyl halides is 2. The van der Waals surface area contributed by atoms with Gasteiger partial charge in [-0.1, -0.05) is 13.3 Å². The lowest BCUT2D eigenvalue weighted by atomic mass is 10.1. The van der Waals surface area contributed by atoms with Gasteiger partial charge in [0.05, 0.1) is 5.56 Å². The fraction of sp³-hybridized carbons (Fsp3) is 0.632. The maximum atomic E-state index is 13.5. The third-order valence-corrected chi connectivity index (χ3v) is 7.42. The molecule has 12 heteroatoms. The van der Waals surface area contributed by atoms with Crippen LogP contribution in [0.1, 0.15) is 57.1 Å². The van der Waals surface area contributed by atoms with Crippen LogP contribution in [0.4, 0.5) is 14.7 Å². The lowest BCUT2D eigenvalue weighted by molar-refractivity contribution is 0.148. The van der Waals surface area contributed by atoms with E-state index in [4.69, 9.17) is 5.14 Å². The second-order valence-corrected chi connectivity index (χ2v) is 9.93. The van der Waals surface area contributed by atoms with E-state index in [9.17, 15) is 22.0 Å². The summed E-state index contributed by atoms with van der Waals surface area (Å²) in [6.45, 7) is 2.59. The maximum absolute atomic E-state index is 13.5. The Morgan fingerprint density at radius 2 is 1.94 bits per heavy atom. The molecule has 2 aromatic heterocycles. The second-order valence-electron chi connectivity index (χ2n) is 8.39. The third-order valence-electron chi connectivity index (χ3n) is 6.33. The maximum Gasteiger partial charge on any atom is 0.276 e. The van der Waals surface area contributed by atoms with Gasteiger partial charge in [0.2, 0.25) is 5.95 Å². The average Bonchev–Trinajstić information content (AvgIpc) is 3.12. The van der Waals surface area contributed by atoms with Crippen LogP contribution in [0, 0.1) is 5.92 Å². The number of anilines is 1. The van der Waals surface area contributed by atoms with Crippen molar-refractivity contribution in [3.63, 3.8) is 0 Å². The lowest BCUT2D eigenvalue weighted by Gasteiger charge is -2.30. The zero-order valence-corrected chi connectivity index (χ0v) is 18.0. The molecule has 1 aliphatic heterocycles. The van der Waals surface area contributed by atoms with Crippen molar-refractivity contribution in [3.8, 4) is 0 Å². The number of pyridine rings is 1. The highest BCUT2D eigenvalue weighted by molar-refractivity contribution is 7.86. The first-order valence-corrected chi connectivity index (χ1v) is 11.9. The van der Waals surface area contributed by atoms with Gasteiger partial charge in [-0.2, -0.15) is 17.7 Å². The van der Waals surface area contributed by atoms with Gasteiger partial charge in [-0.05, 0) is 37.7 Å². The van der Waals surface area contributed by atoms with Crippen molar-refractivity contribution in [2.75, 3.05) is 18.4 Å². The topological polar surface area (TPSA) is 123 Å². The Balaban J connectivity index is 1.67. The summed E-state index contributed by atoms with van der Waals surface area (Å²) < 4.78 is 52.6. The summed E-state index contributed by atoms with van der Waals surface area (Å²) >= 11 is 0. The molecule has 2 aromatic rings. The molecule has 2 aliphatic rings. The summed E-state index contributed by atoms with van der Waals surface area (Å²) in [6, 6.07) is 0.920. The number of rotatable bonds is 5. The van der Waals surface area contributed by atoms with E-state index in [2.05, 4.69) is 15.3 Å². The molecule has 1 aliphatic carbocycles. The van der Waals surface area contributed by atoms with Gasteiger partial charge in [0.25, 0.3) is 22.2 Å². The lowest BCUT2D eigenvalue weighted by Crippen LogP contribution is -2.45. The van der Waals surface area contributed by atoms with Crippen molar-refractivity contribution in [2.45, 2.75) is 57.5 Å². The summed E-state index contributed by atoms with van der Waals surface area (Å²) in [4.78, 5) is 21.7. The van der Waals surface area contributed by atoms with Gasteiger partial charge in [0.15, 0.2) is 0 Å². The minimum absolute atomic E-state index is 0.0682. The predicted octanol–water partition coefficient (Wildman–Crippen LogP) is 2.17. The second kappa shape index (κ2) is 8.40. The van der Waals surface area contributed by atoms with Crippen LogP contribution >= 0.6 is 0 Å². The number of piperidine rings is 1. The first-order valence-electron chi connectivity index (χ1n) is 10.4. The molecular weight excluding hydrogens is 430 g/mol. The van der Waals surface area contributed by atoms with Crippen molar-refractivity contribution < 1.29 is 17.2 Å². The van der Waals surface area contributed by atoms with Gasteiger partial charge in [-0.3, -0.25) is 9.36 Å². The van der Waals surface area contributed by atoms with Crippen molar-refractivity contribution in [1.82, 2.24) is 18.8 Å². The van der Waals surface area contributed by atoms with E-state index in [1.807, 2.05) is 6.92 Å². The molecule has 31 heavy (non-hydrogen) atoms. The summed E-state index contributed by atoms with van der Waals surface area (Å²) in [5, 5.41) is 8.75. The molecule has 3 N–H and O–H groups in total. The van der Waals surface area contributed by atoms with Crippen molar-refractivity contribution in [3.05, 3.63) is 28.2 Å². The molecular formula is C19H26F2N6O3S. The number of nitrogens with one attached hydrogen (secondary N) is 1. The third kappa shape index (κ3) is 4.41. The highest BCUT2D eigenvalue weighted by atomic mass is 32.2. The van der Waals surface area contributed by atoms with Crippen LogP contribution in [0.5, 0.6) is 0 Å². The minimum atomic E-state index is -3.71. The van der Waals surface area contributed by atoms with E-state index < -0.39 is 27.8 Å². The summed E-state index contributed by atoms with van der Waals surface area (Å²) in [5.74, 6) is 0.466. The zero-order valence-electron chi connectivity index (χ0n) is 17.2. The standard InChI is InChI=1S/C19H26F2N6O3S/c1-11-3-2-4-15(11)27-17-12(9-14(16(20)21)18(27)28)10-23-19(25-17)24-13-5-7-26(8-6-13)31(22,29)30/h9-11,13,15-16H,2-8H2,1H3,(H2,22,29,30)(H,23,24,25)/t11-,15+/m0/s1. The first kappa shape index (κ1) is 22.0. The normalized spacial score (nSPS) is 23.6. The number of nitrogens with two attached hydrogens (primary N) is 1. The van der Waals surface area contributed by atoms with E-state index >= 15 is 0 Å². The van der Waals surface area contributed by atoms with Gasteiger partial charge < -0.3 is 5.32 Å². The molecule has 0 radical (unpaired) electrons.